The van der Waals surface area contributed by atoms with Crippen molar-refractivity contribution < 1.29 is 19.3 Å². The number of quaternary nitrogens is 1. The van der Waals surface area contributed by atoms with Gasteiger partial charge in [-0.1, -0.05) is 0 Å². The second kappa shape index (κ2) is 8.18. The van der Waals surface area contributed by atoms with Gasteiger partial charge in [-0.15, -0.1) is 11.3 Å². The average Bonchev–Trinajstić information content (AvgIpc) is 2.81. The van der Waals surface area contributed by atoms with Crippen LogP contribution < -0.4 is 21.3 Å². The number of carbonyl (C=O) groups excluding carboxylic acids is 3. The molecule has 8 heteroatoms. The highest BCUT2D eigenvalue weighted by Gasteiger charge is 2.26. The number of aryl methyl sites for hydroxylation is 1. The number of rotatable bonds is 6. The highest BCUT2D eigenvalue weighted by Crippen LogP contribution is 2.37. The zero-order valence-corrected chi connectivity index (χ0v) is 16.8. The SMILES string of the molecule is C[NH+](CC(=O)Nc1sc2c(c1C(N)=O)CCCC2)CC(=O)NC(C)(C)C. The van der Waals surface area contributed by atoms with Crippen molar-refractivity contribution >= 4 is 34.1 Å². The van der Waals surface area contributed by atoms with Crippen molar-refractivity contribution in [1.82, 2.24) is 5.32 Å². The summed E-state index contributed by atoms with van der Waals surface area (Å²) >= 11 is 1.45. The van der Waals surface area contributed by atoms with Crippen LogP contribution in [0.25, 0.3) is 0 Å². The summed E-state index contributed by atoms with van der Waals surface area (Å²) in [6, 6.07) is 0. The molecule has 1 atom stereocenters. The first-order valence-corrected chi connectivity index (χ1v) is 9.75. The Morgan fingerprint density at radius 2 is 1.73 bits per heavy atom. The molecule has 5 N–H and O–H groups in total. The van der Waals surface area contributed by atoms with Gasteiger partial charge in [0.2, 0.25) is 0 Å². The second-order valence-corrected chi connectivity index (χ2v) is 9.04. The van der Waals surface area contributed by atoms with Crippen LogP contribution in [-0.4, -0.2) is 43.4 Å². The molecule has 0 fully saturated rings. The number of hydrogen-bond acceptors (Lipinski definition) is 4. The monoisotopic (exact) mass is 381 g/mol. The van der Waals surface area contributed by atoms with Crippen LogP contribution >= 0.6 is 11.3 Å². The highest BCUT2D eigenvalue weighted by molar-refractivity contribution is 7.17. The minimum absolute atomic E-state index is 0.104. The fourth-order valence-electron chi connectivity index (χ4n) is 3.16. The molecule has 3 amide bonds. The number of hydrogen-bond donors (Lipinski definition) is 4. The lowest BCUT2D eigenvalue weighted by Gasteiger charge is -2.21. The summed E-state index contributed by atoms with van der Waals surface area (Å²) in [7, 11) is 1.79. The molecule has 0 aliphatic heterocycles. The predicted molar refractivity (Wildman–Crippen MR) is 103 cm³/mol. The Morgan fingerprint density at radius 3 is 2.35 bits per heavy atom. The normalized spacial score (nSPS) is 15.1. The fourth-order valence-corrected chi connectivity index (χ4v) is 4.47. The summed E-state index contributed by atoms with van der Waals surface area (Å²) in [5.74, 6) is -0.829. The van der Waals surface area contributed by atoms with Crippen molar-refractivity contribution in [3.05, 3.63) is 16.0 Å². The van der Waals surface area contributed by atoms with E-state index < -0.39 is 5.91 Å². The van der Waals surface area contributed by atoms with Crippen LogP contribution in [0.2, 0.25) is 0 Å². The lowest BCUT2D eigenvalue weighted by molar-refractivity contribution is -0.862. The third-order valence-corrected chi connectivity index (χ3v) is 5.32. The number of nitrogens with one attached hydrogen (secondary N) is 3. The van der Waals surface area contributed by atoms with Gasteiger partial charge in [0.1, 0.15) is 5.00 Å². The van der Waals surface area contributed by atoms with Crippen molar-refractivity contribution in [3.63, 3.8) is 0 Å². The molecule has 0 saturated heterocycles. The molecule has 1 unspecified atom stereocenters. The third-order valence-electron chi connectivity index (χ3n) is 4.11. The van der Waals surface area contributed by atoms with Gasteiger partial charge in [-0.25, -0.2) is 0 Å². The molecule has 1 aromatic heterocycles. The fraction of sp³-hybridized carbons (Fsp3) is 0.611. The second-order valence-electron chi connectivity index (χ2n) is 7.94. The maximum absolute atomic E-state index is 12.4. The minimum Gasteiger partial charge on any atom is -0.365 e. The highest BCUT2D eigenvalue weighted by atomic mass is 32.1. The van der Waals surface area contributed by atoms with Gasteiger partial charge >= 0.3 is 0 Å². The number of carbonyl (C=O) groups is 3. The maximum atomic E-state index is 12.4. The van der Waals surface area contributed by atoms with Crippen LogP contribution in [0.5, 0.6) is 0 Å². The first-order valence-electron chi connectivity index (χ1n) is 8.93. The molecule has 1 aromatic rings. The van der Waals surface area contributed by atoms with Crippen LogP contribution in [-0.2, 0) is 22.4 Å². The molecule has 0 radical (unpaired) electrons. The average molecular weight is 382 g/mol. The van der Waals surface area contributed by atoms with Gasteiger partial charge in [-0.3, -0.25) is 14.4 Å². The topological polar surface area (TPSA) is 106 Å². The van der Waals surface area contributed by atoms with E-state index in [4.69, 9.17) is 5.73 Å². The Balaban J connectivity index is 1.98. The number of likely N-dealkylation sites (N-methyl/N-ethyl adjacent to an activating group) is 1. The largest absolute Gasteiger partial charge is 0.365 e. The summed E-state index contributed by atoms with van der Waals surface area (Å²) in [4.78, 5) is 38.1. The van der Waals surface area contributed by atoms with Gasteiger partial charge in [-0.05, 0) is 52.0 Å². The molecule has 0 saturated carbocycles. The molecular formula is C18H29N4O3S+. The van der Waals surface area contributed by atoms with Crippen molar-refractivity contribution in [3.8, 4) is 0 Å². The van der Waals surface area contributed by atoms with E-state index in [0.29, 0.717) is 10.6 Å². The molecule has 2 rings (SSSR count). The van der Waals surface area contributed by atoms with Crippen LogP contribution in [0.15, 0.2) is 0 Å². The minimum atomic E-state index is -0.495. The zero-order valence-electron chi connectivity index (χ0n) is 16.0. The smallest absolute Gasteiger partial charge is 0.280 e. The predicted octanol–water partition coefficient (Wildman–Crippen LogP) is 0.0937. The molecule has 0 spiro atoms. The van der Waals surface area contributed by atoms with Gasteiger partial charge in [0.05, 0.1) is 12.6 Å². The van der Waals surface area contributed by atoms with Gasteiger partial charge < -0.3 is 21.3 Å². The van der Waals surface area contributed by atoms with E-state index >= 15 is 0 Å². The molecule has 1 aliphatic carbocycles. The van der Waals surface area contributed by atoms with E-state index in [0.717, 1.165) is 41.0 Å². The Hall–Kier alpha value is -1.93. The standard InChI is InChI=1S/C18H28N4O3S/c1-18(2,3)21-14(24)10-22(4)9-13(23)20-17-15(16(19)25)11-7-5-6-8-12(11)26-17/h5-10H2,1-4H3,(H2,19,25)(H,20,23)(H,21,24)/p+1. The van der Waals surface area contributed by atoms with E-state index in [-0.39, 0.29) is 30.4 Å². The van der Waals surface area contributed by atoms with Crippen LogP contribution in [0.4, 0.5) is 5.00 Å². The van der Waals surface area contributed by atoms with Gasteiger partial charge in [-0.2, -0.15) is 0 Å². The molecule has 1 aliphatic rings. The summed E-state index contributed by atoms with van der Waals surface area (Å²) in [6.45, 7) is 6.08. The lowest BCUT2D eigenvalue weighted by Crippen LogP contribution is -3.11. The Morgan fingerprint density at radius 1 is 1.12 bits per heavy atom. The Labute approximate surface area is 158 Å². The Bertz CT molecular complexity index is 706. The van der Waals surface area contributed by atoms with Crippen LogP contribution in [0.1, 0.15) is 54.4 Å². The summed E-state index contributed by atoms with van der Waals surface area (Å²) < 4.78 is 0. The van der Waals surface area contributed by atoms with Crippen molar-refractivity contribution in [1.29, 1.82) is 0 Å². The van der Waals surface area contributed by atoms with Crippen LogP contribution in [0.3, 0.4) is 0 Å². The van der Waals surface area contributed by atoms with Crippen LogP contribution in [0, 0.1) is 0 Å². The first-order chi connectivity index (χ1) is 12.1. The molecule has 144 valence electrons. The first kappa shape index (κ1) is 20.4. The quantitative estimate of drug-likeness (QED) is 0.561. The van der Waals surface area contributed by atoms with Gasteiger partial charge in [0, 0.05) is 10.4 Å². The number of fused-ring (bicyclic) bond motifs is 1. The number of thiophene rings is 1. The lowest BCUT2D eigenvalue weighted by atomic mass is 9.95. The van der Waals surface area contributed by atoms with Crippen molar-refractivity contribution in [2.24, 2.45) is 5.73 Å². The van der Waals surface area contributed by atoms with Gasteiger partial charge in [0.25, 0.3) is 17.7 Å². The van der Waals surface area contributed by atoms with E-state index in [1.807, 2.05) is 20.8 Å². The molecule has 0 aromatic carbocycles. The molecular weight excluding hydrogens is 352 g/mol. The number of amides is 3. The molecule has 1 heterocycles. The van der Waals surface area contributed by atoms with E-state index in [9.17, 15) is 14.4 Å². The van der Waals surface area contributed by atoms with Crippen molar-refractivity contribution in [2.75, 3.05) is 25.5 Å². The number of nitrogens with two attached hydrogens (primary N) is 1. The molecule has 26 heavy (non-hydrogen) atoms. The number of anilines is 1. The Kier molecular flexibility index (Phi) is 6.41. The summed E-state index contributed by atoms with van der Waals surface area (Å²) in [6.07, 6.45) is 3.88. The van der Waals surface area contributed by atoms with Gasteiger partial charge in [0.15, 0.2) is 13.1 Å². The molecule has 7 nitrogen and oxygen atoms in total. The number of primary amides is 1. The van der Waals surface area contributed by atoms with Crippen molar-refractivity contribution in [2.45, 2.75) is 52.0 Å². The van der Waals surface area contributed by atoms with E-state index in [2.05, 4.69) is 10.6 Å². The third kappa shape index (κ3) is 5.54. The molecule has 0 bridgehead atoms. The zero-order chi connectivity index (χ0) is 19.5. The maximum Gasteiger partial charge on any atom is 0.280 e. The summed E-state index contributed by atoms with van der Waals surface area (Å²) in [5, 5.41) is 6.25. The van der Waals surface area contributed by atoms with E-state index in [1.54, 1.807) is 7.05 Å². The summed E-state index contributed by atoms with van der Waals surface area (Å²) in [5.41, 5.74) is 6.70. The van der Waals surface area contributed by atoms with E-state index in [1.165, 1.54) is 11.3 Å².